The van der Waals surface area contributed by atoms with Gasteiger partial charge in [-0.25, -0.2) is 0 Å². The van der Waals surface area contributed by atoms with Gasteiger partial charge < -0.3 is 4.74 Å². The second kappa shape index (κ2) is 9.01. The van der Waals surface area contributed by atoms with Crippen molar-refractivity contribution in [2.24, 2.45) is 5.92 Å². The van der Waals surface area contributed by atoms with E-state index in [1.807, 2.05) is 12.1 Å². The van der Waals surface area contributed by atoms with Gasteiger partial charge in [0, 0.05) is 41.6 Å². The van der Waals surface area contributed by atoms with Crippen molar-refractivity contribution in [3.05, 3.63) is 69.8 Å². The number of benzene rings is 2. The molecule has 0 saturated heterocycles. The Bertz CT molecular complexity index is 891. The molecule has 1 heterocycles. The standard InChI is InChI=1S/C23H28N2O3S/c1-17(2)14-24(16-29-21-8-6-20(7-9-21)25(26)27)15-18-5-10-22-19(13-18)11-12-23(3,4)28-22/h5-13,17H,14-16H2,1-4H3. The number of fused-ring (bicyclic) bond motifs is 1. The van der Waals surface area contributed by atoms with Crippen molar-refractivity contribution >= 4 is 23.5 Å². The number of rotatable bonds is 8. The van der Waals surface area contributed by atoms with Crippen LogP contribution in [-0.4, -0.2) is 27.8 Å². The lowest BCUT2D eigenvalue weighted by molar-refractivity contribution is -0.384. The number of nitro groups is 1. The fraction of sp³-hybridized carbons (Fsp3) is 0.391. The molecule has 0 saturated carbocycles. The molecule has 0 N–H and O–H groups in total. The quantitative estimate of drug-likeness (QED) is 0.231. The maximum absolute atomic E-state index is 10.8. The average Bonchev–Trinajstić information content (AvgIpc) is 2.65. The third kappa shape index (κ3) is 6.08. The van der Waals surface area contributed by atoms with E-state index in [-0.39, 0.29) is 16.2 Å². The normalized spacial score (nSPS) is 14.7. The van der Waals surface area contributed by atoms with Crippen LogP contribution in [0.3, 0.4) is 0 Å². The van der Waals surface area contributed by atoms with Crippen molar-refractivity contribution in [2.75, 3.05) is 12.4 Å². The first-order valence-electron chi connectivity index (χ1n) is 9.83. The van der Waals surface area contributed by atoms with Gasteiger partial charge in [-0.05, 0) is 55.7 Å². The van der Waals surface area contributed by atoms with E-state index >= 15 is 0 Å². The molecule has 0 aromatic heterocycles. The lowest BCUT2D eigenvalue weighted by atomic mass is 10.0. The zero-order valence-corrected chi connectivity index (χ0v) is 18.2. The Morgan fingerprint density at radius 3 is 2.55 bits per heavy atom. The van der Waals surface area contributed by atoms with E-state index in [2.05, 4.69) is 62.9 Å². The Morgan fingerprint density at radius 2 is 1.90 bits per heavy atom. The van der Waals surface area contributed by atoms with Crippen LogP contribution >= 0.6 is 11.8 Å². The van der Waals surface area contributed by atoms with Crippen molar-refractivity contribution in [1.82, 2.24) is 4.90 Å². The lowest BCUT2D eigenvalue weighted by Crippen LogP contribution is -2.28. The highest BCUT2D eigenvalue weighted by atomic mass is 32.2. The molecule has 5 nitrogen and oxygen atoms in total. The molecule has 154 valence electrons. The predicted octanol–water partition coefficient (Wildman–Crippen LogP) is 5.99. The van der Waals surface area contributed by atoms with Crippen LogP contribution in [0.1, 0.15) is 38.8 Å². The van der Waals surface area contributed by atoms with Crippen molar-refractivity contribution in [2.45, 2.75) is 44.7 Å². The van der Waals surface area contributed by atoms with Crippen LogP contribution in [0.2, 0.25) is 0 Å². The topological polar surface area (TPSA) is 55.6 Å². The fourth-order valence-electron chi connectivity index (χ4n) is 3.29. The summed E-state index contributed by atoms with van der Waals surface area (Å²) in [6.07, 6.45) is 4.23. The number of ether oxygens (including phenoxy) is 1. The molecule has 2 aromatic carbocycles. The highest BCUT2D eigenvalue weighted by Gasteiger charge is 2.21. The van der Waals surface area contributed by atoms with E-state index < -0.39 is 0 Å². The summed E-state index contributed by atoms with van der Waals surface area (Å²) in [5.74, 6) is 2.30. The van der Waals surface area contributed by atoms with Gasteiger partial charge in [0.1, 0.15) is 11.4 Å². The Labute approximate surface area is 176 Å². The van der Waals surface area contributed by atoms with Gasteiger partial charge in [-0.3, -0.25) is 15.0 Å². The van der Waals surface area contributed by atoms with Crippen molar-refractivity contribution in [3.63, 3.8) is 0 Å². The zero-order chi connectivity index (χ0) is 21.0. The average molecular weight is 413 g/mol. The highest BCUT2D eigenvalue weighted by molar-refractivity contribution is 7.99. The summed E-state index contributed by atoms with van der Waals surface area (Å²) in [6, 6.07) is 13.2. The van der Waals surface area contributed by atoms with Crippen molar-refractivity contribution in [1.29, 1.82) is 0 Å². The number of hydrogen-bond donors (Lipinski definition) is 0. The van der Waals surface area contributed by atoms with Gasteiger partial charge in [0.25, 0.3) is 5.69 Å². The molecule has 1 aliphatic rings. The van der Waals surface area contributed by atoms with Crippen LogP contribution in [0.4, 0.5) is 5.69 Å². The van der Waals surface area contributed by atoms with E-state index in [1.165, 1.54) is 5.56 Å². The molecule has 29 heavy (non-hydrogen) atoms. The highest BCUT2D eigenvalue weighted by Crippen LogP contribution is 2.32. The number of nitrogens with zero attached hydrogens (tertiary/aromatic N) is 2. The monoisotopic (exact) mass is 412 g/mol. The molecule has 0 unspecified atom stereocenters. The Morgan fingerprint density at radius 1 is 1.17 bits per heavy atom. The molecule has 0 radical (unpaired) electrons. The summed E-state index contributed by atoms with van der Waals surface area (Å²) in [6.45, 7) is 10.4. The molecule has 0 amide bonds. The first-order valence-corrected chi connectivity index (χ1v) is 10.8. The molecule has 2 aromatic rings. The Balaban J connectivity index is 1.67. The summed E-state index contributed by atoms with van der Waals surface area (Å²) in [5.41, 5.74) is 2.23. The Hall–Kier alpha value is -2.31. The van der Waals surface area contributed by atoms with E-state index in [4.69, 9.17) is 4.74 Å². The first-order chi connectivity index (χ1) is 13.7. The molecule has 1 aliphatic heterocycles. The number of hydrogen-bond acceptors (Lipinski definition) is 5. The predicted molar refractivity (Wildman–Crippen MR) is 119 cm³/mol. The fourth-order valence-corrected chi connectivity index (χ4v) is 4.15. The van der Waals surface area contributed by atoms with Gasteiger partial charge in [0.2, 0.25) is 0 Å². The summed E-state index contributed by atoms with van der Waals surface area (Å²) >= 11 is 1.70. The molecule has 3 rings (SSSR count). The first kappa shape index (κ1) is 21.4. The maximum Gasteiger partial charge on any atom is 0.269 e. The summed E-state index contributed by atoms with van der Waals surface area (Å²) in [5, 5.41) is 10.8. The van der Waals surface area contributed by atoms with Gasteiger partial charge in [0.05, 0.1) is 4.92 Å². The minimum atomic E-state index is -0.366. The van der Waals surface area contributed by atoms with Gasteiger partial charge >= 0.3 is 0 Å². The van der Waals surface area contributed by atoms with Crippen LogP contribution in [0, 0.1) is 16.0 Å². The van der Waals surface area contributed by atoms with Gasteiger partial charge in [-0.2, -0.15) is 0 Å². The molecular weight excluding hydrogens is 384 g/mol. The summed E-state index contributed by atoms with van der Waals surface area (Å²) < 4.78 is 6.02. The minimum Gasteiger partial charge on any atom is -0.483 e. The molecule has 0 aliphatic carbocycles. The third-order valence-corrected chi connectivity index (χ3v) is 5.70. The molecule has 0 atom stereocenters. The largest absolute Gasteiger partial charge is 0.483 e. The van der Waals surface area contributed by atoms with Crippen LogP contribution in [-0.2, 0) is 6.54 Å². The van der Waals surface area contributed by atoms with E-state index in [0.717, 1.165) is 35.2 Å². The smallest absolute Gasteiger partial charge is 0.269 e. The van der Waals surface area contributed by atoms with Gasteiger partial charge in [-0.1, -0.05) is 26.0 Å². The molecule has 0 spiro atoms. The second-order valence-corrected chi connectivity index (χ2v) is 9.36. The van der Waals surface area contributed by atoms with Gasteiger partial charge in [-0.15, -0.1) is 11.8 Å². The number of nitro benzene ring substituents is 1. The van der Waals surface area contributed by atoms with Crippen molar-refractivity contribution in [3.8, 4) is 5.75 Å². The molecule has 6 heteroatoms. The summed E-state index contributed by atoms with van der Waals surface area (Å²) in [4.78, 5) is 13.9. The maximum atomic E-state index is 10.8. The Kier molecular flexibility index (Phi) is 6.65. The minimum absolute atomic E-state index is 0.126. The van der Waals surface area contributed by atoms with Crippen LogP contribution in [0.15, 0.2) is 53.4 Å². The van der Waals surface area contributed by atoms with Crippen molar-refractivity contribution < 1.29 is 9.66 Å². The molecular formula is C23H28N2O3S. The number of non-ortho nitro benzene ring substituents is 1. The second-order valence-electron chi connectivity index (χ2n) is 8.34. The van der Waals surface area contributed by atoms with Crippen LogP contribution < -0.4 is 4.74 Å². The van der Waals surface area contributed by atoms with E-state index in [9.17, 15) is 10.1 Å². The van der Waals surface area contributed by atoms with Gasteiger partial charge in [0.15, 0.2) is 0 Å². The van der Waals surface area contributed by atoms with E-state index in [1.54, 1.807) is 23.9 Å². The van der Waals surface area contributed by atoms with Crippen LogP contribution in [0.5, 0.6) is 5.75 Å². The molecule has 0 bridgehead atoms. The third-order valence-electron chi connectivity index (χ3n) is 4.60. The van der Waals surface area contributed by atoms with E-state index in [0.29, 0.717) is 5.92 Å². The lowest BCUT2D eigenvalue weighted by Gasteiger charge is -2.29. The summed E-state index contributed by atoms with van der Waals surface area (Å²) in [7, 11) is 0. The SMILES string of the molecule is CC(C)CN(CSc1ccc([N+](=O)[O-])cc1)Cc1ccc2c(c1)C=CC(C)(C)O2. The van der Waals surface area contributed by atoms with Crippen LogP contribution in [0.25, 0.3) is 6.08 Å². The number of thioether (sulfide) groups is 1. The molecule has 0 fully saturated rings. The zero-order valence-electron chi connectivity index (χ0n) is 17.4.